The van der Waals surface area contributed by atoms with E-state index in [1.165, 1.54) is 6.07 Å². The highest BCUT2D eigenvalue weighted by Gasteiger charge is 2.12. The van der Waals surface area contributed by atoms with E-state index in [-0.39, 0.29) is 5.75 Å². The number of nitrogens with zero attached hydrogens (tertiary/aromatic N) is 1. The van der Waals surface area contributed by atoms with Crippen LogP contribution in [0.5, 0.6) is 11.5 Å². The number of piperazine rings is 1. The maximum absolute atomic E-state index is 12.9. The molecule has 1 fully saturated rings. The summed E-state index contributed by atoms with van der Waals surface area (Å²) in [6, 6.07) is 2.26. The van der Waals surface area contributed by atoms with E-state index in [2.05, 4.69) is 10.2 Å². The fourth-order valence-corrected chi connectivity index (χ4v) is 2.01. The number of nitrogens with one attached hydrogen (secondary N) is 1. The number of aromatic hydroxyl groups is 2. The van der Waals surface area contributed by atoms with Gasteiger partial charge in [-0.1, -0.05) is 0 Å². The van der Waals surface area contributed by atoms with Crippen LogP contribution in [0.3, 0.4) is 0 Å². The van der Waals surface area contributed by atoms with Crippen LogP contribution in [-0.2, 0) is 6.42 Å². The number of rotatable bonds is 3. The molecule has 0 unspecified atom stereocenters. The molecule has 0 saturated carbocycles. The van der Waals surface area contributed by atoms with Gasteiger partial charge in [0.15, 0.2) is 11.6 Å². The second-order valence-corrected chi connectivity index (χ2v) is 4.27. The van der Waals surface area contributed by atoms with Crippen LogP contribution < -0.4 is 5.32 Å². The number of halogens is 1. The van der Waals surface area contributed by atoms with E-state index in [1.807, 2.05) is 0 Å². The van der Waals surface area contributed by atoms with Crippen LogP contribution >= 0.6 is 0 Å². The monoisotopic (exact) mass is 240 g/mol. The van der Waals surface area contributed by atoms with Gasteiger partial charge >= 0.3 is 0 Å². The van der Waals surface area contributed by atoms with Crippen molar-refractivity contribution in [1.82, 2.24) is 10.2 Å². The van der Waals surface area contributed by atoms with Gasteiger partial charge in [-0.25, -0.2) is 4.39 Å². The summed E-state index contributed by atoms with van der Waals surface area (Å²) in [6.45, 7) is 4.71. The van der Waals surface area contributed by atoms with E-state index in [0.717, 1.165) is 38.8 Å². The molecule has 1 saturated heterocycles. The Morgan fingerprint density at radius 2 is 1.88 bits per heavy atom. The first-order valence-corrected chi connectivity index (χ1v) is 5.80. The van der Waals surface area contributed by atoms with Crippen molar-refractivity contribution in [1.29, 1.82) is 0 Å². The lowest BCUT2D eigenvalue weighted by Gasteiger charge is -2.27. The SMILES string of the molecule is Oc1cc(CCN2CCNCC2)c(O)cc1F. The van der Waals surface area contributed by atoms with Crippen LogP contribution in [0.15, 0.2) is 12.1 Å². The lowest BCUT2D eigenvalue weighted by Crippen LogP contribution is -2.44. The highest BCUT2D eigenvalue weighted by atomic mass is 19.1. The normalized spacial score (nSPS) is 17.2. The van der Waals surface area contributed by atoms with Crippen LogP contribution in [0, 0.1) is 5.82 Å². The zero-order chi connectivity index (χ0) is 12.3. The standard InChI is InChI=1S/C12H17FN2O2/c13-10-8-11(16)9(7-12(10)17)1-4-15-5-2-14-3-6-15/h7-8,14,16-17H,1-6H2. The first-order chi connectivity index (χ1) is 8.16. The summed E-state index contributed by atoms with van der Waals surface area (Å²) in [7, 11) is 0. The maximum atomic E-state index is 12.9. The van der Waals surface area contributed by atoms with Crippen LogP contribution in [-0.4, -0.2) is 47.8 Å². The largest absolute Gasteiger partial charge is 0.508 e. The summed E-state index contributed by atoms with van der Waals surface area (Å²) in [5.74, 6) is -1.28. The van der Waals surface area contributed by atoms with Crippen LogP contribution in [0.4, 0.5) is 4.39 Å². The topological polar surface area (TPSA) is 55.7 Å². The molecule has 0 spiro atoms. The van der Waals surface area contributed by atoms with Crippen molar-refractivity contribution < 1.29 is 14.6 Å². The molecule has 4 nitrogen and oxygen atoms in total. The lowest BCUT2D eigenvalue weighted by atomic mass is 10.1. The van der Waals surface area contributed by atoms with Gasteiger partial charge in [0, 0.05) is 38.8 Å². The van der Waals surface area contributed by atoms with Gasteiger partial charge in [0.05, 0.1) is 0 Å². The summed E-state index contributed by atoms with van der Waals surface area (Å²) in [4.78, 5) is 2.27. The molecule has 5 heteroatoms. The minimum Gasteiger partial charge on any atom is -0.508 e. The Labute approximate surface area is 99.7 Å². The third-order valence-corrected chi connectivity index (χ3v) is 3.06. The zero-order valence-electron chi connectivity index (χ0n) is 9.62. The third kappa shape index (κ3) is 3.08. The van der Waals surface area contributed by atoms with E-state index in [0.29, 0.717) is 12.0 Å². The van der Waals surface area contributed by atoms with E-state index >= 15 is 0 Å². The predicted octanol–water partition coefficient (Wildman–Crippen LogP) is 0.685. The fourth-order valence-electron chi connectivity index (χ4n) is 2.01. The first-order valence-electron chi connectivity index (χ1n) is 5.80. The highest BCUT2D eigenvalue weighted by Crippen LogP contribution is 2.26. The van der Waals surface area contributed by atoms with Gasteiger partial charge < -0.3 is 20.4 Å². The maximum Gasteiger partial charge on any atom is 0.168 e. The molecule has 1 aromatic rings. The predicted molar refractivity (Wildman–Crippen MR) is 62.7 cm³/mol. The number of phenols is 2. The molecule has 3 N–H and O–H groups in total. The quantitative estimate of drug-likeness (QED) is 0.680. The number of hydrogen-bond acceptors (Lipinski definition) is 4. The molecule has 0 atom stereocenters. The molecule has 0 aromatic heterocycles. The molecule has 0 radical (unpaired) electrons. The Morgan fingerprint density at radius 1 is 1.18 bits per heavy atom. The molecule has 94 valence electrons. The molecule has 1 heterocycles. The van der Waals surface area contributed by atoms with Crippen molar-refractivity contribution in [2.24, 2.45) is 0 Å². The Kier molecular flexibility index (Phi) is 3.81. The molecular formula is C12H17FN2O2. The molecule has 0 aliphatic carbocycles. The Balaban J connectivity index is 1.96. The highest BCUT2D eigenvalue weighted by molar-refractivity contribution is 5.40. The average molecular weight is 240 g/mol. The molecule has 1 aliphatic heterocycles. The van der Waals surface area contributed by atoms with Gasteiger partial charge in [-0.3, -0.25) is 0 Å². The van der Waals surface area contributed by atoms with E-state index in [4.69, 9.17) is 0 Å². The summed E-state index contributed by atoms with van der Waals surface area (Å²) in [5, 5.41) is 22.1. The number of benzene rings is 1. The fraction of sp³-hybridized carbons (Fsp3) is 0.500. The molecule has 0 bridgehead atoms. The molecule has 17 heavy (non-hydrogen) atoms. The zero-order valence-corrected chi connectivity index (χ0v) is 9.62. The van der Waals surface area contributed by atoms with Gasteiger partial charge in [0.1, 0.15) is 5.75 Å². The van der Waals surface area contributed by atoms with Gasteiger partial charge in [0.25, 0.3) is 0 Å². The number of hydrogen-bond donors (Lipinski definition) is 3. The van der Waals surface area contributed by atoms with Crippen molar-refractivity contribution >= 4 is 0 Å². The minimum atomic E-state index is -0.784. The summed E-state index contributed by atoms with van der Waals surface area (Å²) >= 11 is 0. The van der Waals surface area contributed by atoms with Gasteiger partial charge in [-0.15, -0.1) is 0 Å². The molecular weight excluding hydrogens is 223 g/mol. The summed E-state index contributed by atoms with van der Waals surface area (Å²) in [5.41, 5.74) is 0.586. The lowest BCUT2D eigenvalue weighted by molar-refractivity contribution is 0.243. The summed E-state index contributed by atoms with van der Waals surface area (Å²) in [6.07, 6.45) is 0.611. The summed E-state index contributed by atoms with van der Waals surface area (Å²) < 4.78 is 12.9. The van der Waals surface area contributed by atoms with Crippen molar-refractivity contribution in [2.45, 2.75) is 6.42 Å². The molecule has 2 rings (SSSR count). The second-order valence-electron chi connectivity index (χ2n) is 4.27. The Morgan fingerprint density at radius 3 is 2.59 bits per heavy atom. The van der Waals surface area contributed by atoms with Crippen LogP contribution in [0.1, 0.15) is 5.56 Å². The molecule has 1 aromatic carbocycles. The Hall–Kier alpha value is -1.33. The van der Waals surface area contributed by atoms with Crippen molar-refractivity contribution in [3.05, 3.63) is 23.5 Å². The van der Waals surface area contributed by atoms with Crippen molar-refractivity contribution in [3.8, 4) is 11.5 Å². The van der Waals surface area contributed by atoms with Crippen LogP contribution in [0.25, 0.3) is 0 Å². The Bertz CT molecular complexity index is 392. The van der Waals surface area contributed by atoms with Gasteiger partial charge in [-0.2, -0.15) is 0 Å². The smallest absolute Gasteiger partial charge is 0.168 e. The van der Waals surface area contributed by atoms with Gasteiger partial charge in [-0.05, 0) is 18.1 Å². The van der Waals surface area contributed by atoms with Crippen molar-refractivity contribution in [3.63, 3.8) is 0 Å². The first kappa shape index (κ1) is 12.1. The van der Waals surface area contributed by atoms with E-state index in [9.17, 15) is 14.6 Å². The van der Waals surface area contributed by atoms with E-state index in [1.54, 1.807) is 0 Å². The molecule has 0 amide bonds. The second kappa shape index (κ2) is 5.33. The number of phenolic OH excluding ortho intramolecular Hbond substituents is 2. The van der Waals surface area contributed by atoms with E-state index < -0.39 is 11.6 Å². The van der Waals surface area contributed by atoms with Crippen LogP contribution in [0.2, 0.25) is 0 Å². The third-order valence-electron chi connectivity index (χ3n) is 3.06. The van der Waals surface area contributed by atoms with Crippen molar-refractivity contribution in [2.75, 3.05) is 32.7 Å². The van der Waals surface area contributed by atoms with Gasteiger partial charge in [0.2, 0.25) is 0 Å². The average Bonchev–Trinajstić information content (AvgIpc) is 2.33. The molecule has 1 aliphatic rings. The minimum absolute atomic E-state index is 0.0876.